The summed E-state index contributed by atoms with van der Waals surface area (Å²) in [5.74, 6) is -0.934. The van der Waals surface area contributed by atoms with Crippen molar-refractivity contribution >= 4 is 17.9 Å². The van der Waals surface area contributed by atoms with Gasteiger partial charge in [-0.3, -0.25) is 14.4 Å². The Morgan fingerprint density at radius 3 is 0.842 bits per heavy atom. The summed E-state index contributed by atoms with van der Waals surface area (Å²) in [6.45, 7) is 6.47. The van der Waals surface area contributed by atoms with Crippen molar-refractivity contribution in [2.75, 3.05) is 13.2 Å². The molecule has 0 rings (SSSR count). The van der Waals surface area contributed by atoms with Gasteiger partial charge in [0.1, 0.15) is 13.2 Å². The van der Waals surface area contributed by atoms with Crippen LogP contribution in [0.5, 0.6) is 0 Å². The van der Waals surface area contributed by atoms with Crippen molar-refractivity contribution in [3.8, 4) is 0 Å². The Kier molecular flexibility index (Phi) is 59.9. The van der Waals surface area contributed by atoms with E-state index in [-0.39, 0.29) is 31.1 Å². The number of hydrogen-bond acceptors (Lipinski definition) is 6. The average molecular weight is 1050 g/mol. The monoisotopic (exact) mass is 1050 g/mol. The van der Waals surface area contributed by atoms with Gasteiger partial charge in [-0.1, -0.05) is 251 Å². The summed E-state index contributed by atoms with van der Waals surface area (Å²) in [5.41, 5.74) is 0. The third-order valence-corrected chi connectivity index (χ3v) is 13.2. The minimum atomic E-state index is -0.801. The number of carbonyl (C=O) groups excluding carboxylic acids is 3. The van der Waals surface area contributed by atoms with Gasteiger partial charge in [0.15, 0.2) is 6.10 Å². The number of allylic oxidation sites excluding steroid dienone is 20. The number of carbonyl (C=O) groups is 3. The van der Waals surface area contributed by atoms with E-state index in [9.17, 15) is 14.4 Å². The Hall–Kier alpha value is -4.19. The molecule has 0 aliphatic heterocycles. The van der Waals surface area contributed by atoms with Crippen LogP contribution in [-0.4, -0.2) is 37.2 Å². The van der Waals surface area contributed by atoms with Crippen molar-refractivity contribution in [3.63, 3.8) is 0 Å². The second kappa shape index (κ2) is 63.3. The maximum absolute atomic E-state index is 12.9. The predicted molar refractivity (Wildman–Crippen MR) is 330 cm³/mol. The summed E-state index contributed by atoms with van der Waals surface area (Å²) < 4.78 is 16.9. The van der Waals surface area contributed by atoms with Gasteiger partial charge in [-0.2, -0.15) is 0 Å². The molecule has 0 aromatic heterocycles. The second-order valence-corrected chi connectivity index (χ2v) is 20.6. The average Bonchev–Trinajstić information content (AvgIpc) is 3.42. The van der Waals surface area contributed by atoms with Crippen molar-refractivity contribution in [3.05, 3.63) is 122 Å². The second-order valence-electron chi connectivity index (χ2n) is 20.6. The SMILES string of the molecule is CC/C=C\C/C=C\C/C=C\C/C=C\C/C=C\C/C=C\C/C=C\CCCCCCCC(=O)OCC(COC(=O)CCCCCCC/C=C\C/C=C\CCCCC)OC(=O)CCCCCCC/C=C\CCCCCCCCC. The number of unbranched alkanes of at least 4 members (excludes halogenated alkanes) is 25. The van der Waals surface area contributed by atoms with Crippen molar-refractivity contribution < 1.29 is 28.6 Å². The standard InChI is InChI=1S/C70H116O6/c1-4-7-10-13-16-19-22-25-28-30-31-32-33-34-35-36-37-38-39-40-43-45-48-51-54-57-60-63-69(72)75-66-67(65-74-68(71)62-59-56-53-50-47-44-41-27-24-21-18-15-12-9-6-3)76-70(73)64-61-58-55-52-49-46-42-29-26-23-20-17-14-11-8-5-2/h7,10,16,18-19,21,25,27-29,31-32,34-35,37-38,40-43,67H,4-6,8-9,11-15,17,20,22-24,26,30,33,36,39,44-66H2,1-3H3/b10-7-,19-16-,21-18-,28-25-,32-31-,35-34-,38-37-,41-27-,42-29-,43-40-. The molecule has 0 aromatic rings. The highest BCUT2D eigenvalue weighted by atomic mass is 16.6. The molecule has 0 aromatic carbocycles. The third kappa shape index (κ3) is 60.7. The first-order chi connectivity index (χ1) is 37.5. The summed E-state index contributed by atoms with van der Waals surface area (Å²) in [6, 6.07) is 0. The Balaban J connectivity index is 4.42. The van der Waals surface area contributed by atoms with Gasteiger partial charge in [0.05, 0.1) is 0 Å². The fraction of sp³-hybridized carbons (Fsp3) is 0.671. The van der Waals surface area contributed by atoms with Gasteiger partial charge in [0.2, 0.25) is 0 Å². The molecular weight excluding hydrogens is 937 g/mol. The maximum Gasteiger partial charge on any atom is 0.306 e. The van der Waals surface area contributed by atoms with Gasteiger partial charge in [-0.15, -0.1) is 0 Å². The third-order valence-electron chi connectivity index (χ3n) is 13.2. The Morgan fingerprint density at radius 1 is 0.276 bits per heavy atom. The van der Waals surface area contributed by atoms with Gasteiger partial charge < -0.3 is 14.2 Å². The largest absolute Gasteiger partial charge is 0.462 e. The molecule has 0 N–H and O–H groups in total. The first kappa shape index (κ1) is 71.8. The van der Waals surface area contributed by atoms with E-state index in [2.05, 4.69) is 142 Å². The molecule has 0 heterocycles. The highest BCUT2D eigenvalue weighted by Gasteiger charge is 2.19. The molecule has 432 valence electrons. The Bertz CT molecular complexity index is 1590. The van der Waals surface area contributed by atoms with E-state index >= 15 is 0 Å². The lowest BCUT2D eigenvalue weighted by Gasteiger charge is -2.18. The van der Waals surface area contributed by atoms with Crippen LogP contribution in [0.1, 0.15) is 284 Å². The van der Waals surface area contributed by atoms with Crippen LogP contribution in [0.3, 0.4) is 0 Å². The molecule has 0 saturated carbocycles. The first-order valence-corrected chi connectivity index (χ1v) is 31.5. The molecule has 0 bridgehead atoms. The van der Waals surface area contributed by atoms with Crippen molar-refractivity contribution in [1.29, 1.82) is 0 Å². The van der Waals surface area contributed by atoms with Crippen LogP contribution >= 0.6 is 0 Å². The maximum atomic E-state index is 12.9. The van der Waals surface area contributed by atoms with Crippen molar-refractivity contribution in [2.24, 2.45) is 0 Å². The smallest absolute Gasteiger partial charge is 0.306 e. The van der Waals surface area contributed by atoms with Gasteiger partial charge in [-0.25, -0.2) is 0 Å². The lowest BCUT2D eigenvalue weighted by atomic mass is 10.1. The van der Waals surface area contributed by atoms with Gasteiger partial charge >= 0.3 is 17.9 Å². The number of ether oxygens (including phenoxy) is 3. The van der Waals surface area contributed by atoms with Crippen molar-refractivity contribution in [2.45, 2.75) is 290 Å². The van der Waals surface area contributed by atoms with Crippen LogP contribution in [0.15, 0.2) is 122 Å². The van der Waals surface area contributed by atoms with Crippen LogP contribution in [0.4, 0.5) is 0 Å². The molecular formula is C70H116O6. The fourth-order valence-electron chi connectivity index (χ4n) is 8.45. The molecule has 0 aliphatic carbocycles. The number of rotatable bonds is 56. The summed E-state index contributed by atoms with van der Waals surface area (Å²) in [6.07, 6.45) is 87.6. The number of hydrogen-bond donors (Lipinski definition) is 0. The number of esters is 3. The summed E-state index contributed by atoms with van der Waals surface area (Å²) in [5, 5.41) is 0. The van der Waals surface area contributed by atoms with E-state index in [0.29, 0.717) is 19.3 Å². The highest BCUT2D eigenvalue weighted by Crippen LogP contribution is 2.14. The molecule has 0 radical (unpaired) electrons. The molecule has 6 heteroatoms. The summed E-state index contributed by atoms with van der Waals surface area (Å²) >= 11 is 0. The zero-order chi connectivity index (χ0) is 55.0. The topological polar surface area (TPSA) is 78.9 Å². The first-order valence-electron chi connectivity index (χ1n) is 31.5. The normalized spacial score (nSPS) is 12.9. The van der Waals surface area contributed by atoms with Crippen LogP contribution < -0.4 is 0 Å². The molecule has 0 fully saturated rings. The zero-order valence-electron chi connectivity index (χ0n) is 49.5. The van der Waals surface area contributed by atoms with E-state index in [0.717, 1.165) is 161 Å². The summed E-state index contributed by atoms with van der Waals surface area (Å²) in [7, 11) is 0. The van der Waals surface area contributed by atoms with Crippen LogP contribution in [-0.2, 0) is 28.6 Å². The molecule has 0 aliphatic rings. The predicted octanol–water partition coefficient (Wildman–Crippen LogP) is 21.6. The van der Waals surface area contributed by atoms with Crippen LogP contribution in [0.25, 0.3) is 0 Å². The minimum absolute atomic E-state index is 0.0968. The molecule has 0 spiro atoms. The molecule has 1 unspecified atom stereocenters. The van der Waals surface area contributed by atoms with Crippen molar-refractivity contribution in [1.82, 2.24) is 0 Å². The lowest BCUT2D eigenvalue weighted by Crippen LogP contribution is -2.30. The van der Waals surface area contributed by atoms with E-state index < -0.39 is 6.10 Å². The lowest BCUT2D eigenvalue weighted by molar-refractivity contribution is -0.167. The fourth-order valence-corrected chi connectivity index (χ4v) is 8.45. The highest BCUT2D eigenvalue weighted by molar-refractivity contribution is 5.71. The van der Waals surface area contributed by atoms with Crippen LogP contribution in [0.2, 0.25) is 0 Å². The molecule has 1 atom stereocenters. The van der Waals surface area contributed by atoms with Gasteiger partial charge in [0, 0.05) is 19.3 Å². The van der Waals surface area contributed by atoms with Crippen LogP contribution in [0, 0.1) is 0 Å². The van der Waals surface area contributed by atoms with E-state index in [1.54, 1.807) is 0 Å². The molecule has 6 nitrogen and oxygen atoms in total. The Morgan fingerprint density at radius 2 is 0.513 bits per heavy atom. The summed E-state index contributed by atoms with van der Waals surface area (Å²) in [4.78, 5) is 38.3. The molecule has 0 amide bonds. The minimum Gasteiger partial charge on any atom is -0.462 e. The molecule has 76 heavy (non-hydrogen) atoms. The molecule has 0 saturated heterocycles. The van der Waals surface area contributed by atoms with E-state index in [4.69, 9.17) is 14.2 Å². The van der Waals surface area contributed by atoms with E-state index in [1.807, 2.05) is 0 Å². The van der Waals surface area contributed by atoms with Gasteiger partial charge in [0.25, 0.3) is 0 Å². The Labute approximate surface area is 469 Å². The quantitative estimate of drug-likeness (QED) is 0.0261. The van der Waals surface area contributed by atoms with E-state index in [1.165, 1.54) is 83.5 Å². The zero-order valence-corrected chi connectivity index (χ0v) is 49.5. The van der Waals surface area contributed by atoms with Gasteiger partial charge in [-0.05, 0) is 135 Å².